The van der Waals surface area contributed by atoms with Crippen LogP contribution in [0.5, 0.6) is 23.0 Å². The molecule has 192 valence electrons. The van der Waals surface area contributed by atoms with Crippen LogP contribution >= 0.6 is 0 Å². The second kappa shape index (κ2) is 10.1. The molecule has 0 aliphatic carbocycles. The molecule has 1 aromatic heterocycles. The third kappa shape index (κ3) is 4.46. The summed E-state index contributed by atoms with van der Waals surface area (Å²) in [5, 5.41) is 0. The second-order valence-corrected chi connectivity index (χ2v) is 9.72. The van der Waals surface area contributed by atoms with Gasteiger partial charge in [0.25, 0.3) is 0 Å². The molecule has 0 amide bonds. The van der Waals surface area contributed by atoms with E-state index in [9.17, 15) is 0 Å². The highest BCUT2D eigenvalue weighted by Crippen LogP contribution is 2.50. The Bertz CT molecular complexity index is 1790. The standard InChI is InChI=1S/C36H26N2O2/c1-25-21-22-29(24-30(25)32-16-10-15-31(37-32)26-11-3-2-4-12-26)39-28-14-9-13-27(23-28)38-33-17-5-7-19-35(33)40-36-20-8-6-18-34(36)38/h2-24H,1H3. The lowest BCUT2D eigenvalue weighted by Crippen LogP contribution is -2.15. The fraction of sp³-hybridized carbons (Fsp3) is 0.0278. The third-order valence-electron chi connectivity index (χ3n) is 7.05. The molecule has 1 aliphatic heterocycles. The van der Waals surface area contributed by atoms with Gasteiger partial charge >= 0.3 is 0 Å². The Labute approximate surface area is 233 Å². The monoisotopic (exact) mass is 518 g/mol. The van der Waals surface area contributed by atoms with Crippen LogP contribution in [0.4, 0.5) is 17.1 Å². The lowest BCUT2D eigenvalue weighted by molar-refractivity contribution is 0.476. The van der Waals surface area contributed by atoms with Crippen molar-refractivity contribution >= 4 is 17.1 Å². The summed E-state index contributed by atoms with van der Waals surface area (Å²) < 4.78 is 12.6. The summed E-state index contributed by atoms with van der Waals surface area (Å²) in [6.07, 6.45) is 0. The van der Waals surface area contributed by atoms with Gasteiger partial charge in [-0.15, -0.1) is 0 Å². The number of hydrogen-bond donors (Lipinski definition) is 0. The number of benzene rings is 5. The average molecular weight is 519 g/mol. The summed E-state index contributed by atoms with van der Waals surface area (Å²) >= 11 is 0. The molecule has 0 saturated carbocycles. The van der Waals surface area contributed by atoms with Gasteiger partial charge in [0.05, 0.1) is 28.5 Å². The molecule has 5 aromatic carbocycles. The van der Waals surface area contributed by atoms with E-state index in [1.807, 2.05) is 84.9 Å². The van der Waals surface area contributed by atoms with E-state index in [0.29, 0.717) is 0 Å². The van der Waals surface area contributed by atoms with Crippen LogP contribution in [0.1, 0.15) is 5.56 Å². The van der Waals surface area contributed by atoms with Crippen molar-refractivity contribution in [2.75, 3.05) is 4.90 Å². The number of pyridine rings is 1. The first-order chi connectivity index (χ1) is 19.7. The van der Waals surface area contributed by atoms with Crippen molar-refractivity contribution in [3.63, 3.8) is 0 Å². The zero-order chi connectivity index (χ0) is 26.9. The zero-order valence-electron chi connectivity index (χ0n) is 22.0. The molecule has 0 bridgehead atoms. The average Bonchev–Trinajstić information content (AvgIpc) is 3.01. The van der Waals surface area contributed by atoms with Gasteiger partial charge in [-0.05, 0) is 73.2 Å². The van der Waals surface area contributed by atoms with Crippen LogP contribution in [-0.2, 0) is 0 Å². The molecule has 4 heteroatoms. The number of anilines is 3. The molecule has 0 radical (unpaired) electrons. The van der Waals surface area contributed by atoms with E-state index in [2.05, 4.69) is 66.4 Å². The highest BCUT2D eigenvalue weighted by molar-refractivity contribution is 5.86. The number of hydrogen-bond acceptors (Lipinski definition) is 4. The van der Waals surface area contributed by atoms with E-state index in [4.69, 9.17) is 14.5 Å². The van der Waals surface area contributed by atoms with E-state index < -0.39 is 0 Å². The summed E-state index contributed by atoms with van der Waals surface area (Å²) in [5.41, 5.74) is 8.11. The summed E-state index contributed by atoms with van der Waals surface area (Å²) in [4.78, 5) is 7.18. The van der Waals surface area contributed by atoms with Gasteiger partial charge in [0.1, 0.15) is 11.5 Å². The van der Waals surface area contributed by atoms with Gasteiger partial charge in [-0.2, -0.15) is 0 Å². The zero-order valence-corrected chi connectivity index (χ0v) is 22.0. The van der Waals surface area contributed by atoms with Crippen molar-refractivity contribution in [2.24, 2.45) is 0 Å². The van der Waals surface area contributed by atoms with Crippen molar-refractivity contribution in [1.29, 1.82) is 0 Å². The smallest absolute Gasteiger partial charge is 0.151 e. The second-order valence-electron chi connectivity index (χ2n) is 9.72. The number of nitrogens with zero attached hydrogens (tertiary/aromatic N) is 2. The van der Waals surface area contributed by atoms with Gasteiger partial charge in [0.2, 0.25) is 0 Å². The Kier molecular flexibility index (Phi) is 5.98. The summed E-state index contributed by atoms with van der Waals surface area (Å²) in [7, 11) is 0. The molecule has 0 atom stereocenters. The first-order valence-electron chi connectivity index (χ1n) is 13.3. The molecular weight excluding hydrogens is 492 g/mol. The lowest BCUT2D eigenvalue weighted by Gasteiger charge is -2.32. The molecule has 40 heavy (non-hydrogen) atoms. The molecule has 1 aliphatic rings. The van der Waals surface area contributed by atoms with E-state index in [0.717, 1.165) is 68.1 Å². The fourth-order valence-corrected chi connectivity index (χ4v) is 5.10. The number of ether oxygens (including phenoxy) is 2. The molecular formula is C36H26N2O2. The highest BCUT2D eigenvalue weighted by atomic mass is 16.5. The Hall–Kier alpha value is -5.35. The number of fused-ring (bicyclic) bond motifs is 2. The van der Waals surface area contributed by atoms with Gasteiger partial charge in [-0.25, -0.2) is 4.98 Å². The van der Waals surface area contributed by atoms with Crippen LogP contribution < -0.4 is 14.4 Å². The van der Waals surface area contributed by atoms with Crippen LogP contribution in [0, 0.1) is 6.92 Å². The Morgan fingerprint density at radius 2 is 1.23 bits per heavy atom. The fourth-order valence-electron chi connectivity index (χ4n) is 5.10. The summed E-state index contributed by atoms with van der Waals surface area (Å²) in [6, 6.07) is 46.9. The minimum absolute atomic E-state index is 0.750. The minimum Gasteiger partial charge on any atom is -0.457 e. The number of para-hydroxylation sites is 4. The predicted octanol–water partition coefficient (Wildman–Crippen LogP) is 10.1. The molecule has 7 rings (SSSR count). The maximum absolute atomic E-state index is 6.43. The molecule has 6 aromatic rings. The van der Waals surface area contributed by atoms with Crippen LogP contribution in [-0.4, -0.2) is 4.98 Å². The molecule has 0 N–H and O–H groups in total. The quantitative estimate of drug-likeness (QED) is 0.227. The van der Waals surface area contributed by atoms with Crippen molar-refractivity contribution in [2.45, 2.75) is 6.92 Å². The number of rotatable bonds is 5. The Morgan fingerprint density at radius 1 is 0.575 bits per heavy atom. The van der Waals surface area contributed by atoms with E-state index >= 15 is 0 Å². The maximum atomic E-state index is 6.43. The molecule has 0 saturated heterocycles. The van der Waals surface area contributed by atoms with Crippen LogP contribution in [0.25, 0.3) is 22.5 Å². The van der Waals surface area contributed by atoms with Crippen molar-refractivity contribution in [3.05, 3.63) is 145 Å². The largest absolute Gasteiger partial charge is 0.457 e. The topological polar surface area (TPSA) is 34.6 Å². The van der Waals surface area contributed by atoms with E-state index in [1.165, 1.54) is 0 Å². The minimum atomic E-state index is 0.750. The molecule has 2 heterocycles. The van der Waals surface area contributed by atoms with Gasteiger partial charge < -0.3 is 14.4 Å². The van der Waals surface area contributed by atoms with Crippen molar-refractivity contribution < 1.29 is 9.47 Å². The number of aryl methyl sites for hydroxylation is 1. The third-order valence-corrected chi connectivity index (χ3v) is 7.05. The molecule has 0 fully saturated rings. The normalized spacial score (nSPS) is 11.8. The van der Waals surface area contributed by atoms with Gasteiger partial charge in [0.15, 0.2) is 11.5 Å². The van der Waals surface area contributed by atoms with Crippen molar-refractivity contribution in [1.82, 2.24) is 4.98 Å². The Balaban J connectivity index is 1.22. The molecule has 0 unspecified atom stereocenters. The van der Waals surface area contributed by atoms with Crippen molar-refractivity contribution in [3.8, 4) is 45.5 Å². The van der Waals surface area contributed by atoms with Gasteiger partial charge in [-0.3, -0.25) is 0 Å². The van der Waals surface area contributed by atoms with E-state index in [1.54, 1.807) is 0 Å². The first kappa shape index (κ1) is 23.7. The van der Waals surface area contributed by atoms with Gasteiger partial charge in [0, 0.05) is 17.2 Å². The van der Waals surface area contributed by atoms with Crippen LogP contribution in [0.15, 0.2) is 140 Å². The van der Waals surface area contributed by atoms with E-state index in [-0.39, 0.29) is 0 Å². The van der Waals surface area contributed by atoms with Crippen LogP contribution in [0.2, 0.25) is 0 Å². The van der Waals surface area contributed by atoms with Gasteiger partial charge in [-0.1, -0.05) is 72.8 Å². The van der Waals surface area contributed by atoms with Crippen LogP contribution in [0.3, 0.4) is 0 Å². The summed E-state index contributed by atoms with van der Waals surface area (Å²) in [5.74, 6) is 3.15. The Morgan fingerprint density at radius 3 is 2.00 bits per heavy atom. The first-order valence-corrected chi connectivity index (χ1v) is 13.3. The summed E-state index contributed by atoms with van der Waals surface area (Å²) in [6.45, 7) is 2.10. The highest BCUT2D eigenvalue weighted by Gasteiger charge is 2.25. The maximum Gasteiger partial charge on any atom is 0.151 e. The molecule has 0 spiro atoms. The predicted molar refractivity (Wildman–Crippen MR) is 161 cm³/mol. The SMILES string of the molecule is Cc1ccc(Oc2cccc(N3c4ccccc4Oc4ccccc43)c2)cc1-c1cccc(-c2ccccc2)n1. The lowest BCUT2D eigenvalue weighted by atomic mass is 10.0. The number of aromatic nitrogens is 1. The molecule has 4 nitrogen and oxygen atoms in total.